The van der Waals surface area contributed by atoms with E-state index in [0.717, 1.165) is 5.69 Å². The molecule has 0 atom stereocenters. The highest BCUT2D eigenvalue weighted by molar-refractivity contribution is 5.51. The average molecular weight is 146 g/mol. The van der Waals surface area contributed by atoms with Gasteiger partial charge in [0.2, 0.25) is 0 Å². The zero-order valence-electron chi connectivity index (χ0n) is 6.68. The summed E-state index contributed by atoms with van der Waals surface area (Å²) in [6.07, 6.45) is 0. The molecule has 0 fully saturated rings. The predicted molar refractivity (Wildman–Crippen MR) is 45.7 cm³/mol. The number of hydrogen-bond donors (Lipinski definition) is 1. The van der Waals surface area contributed by atoms with Gasteiger partial charge in [-0.1, -0.05) is 6.07 Å². The Balaban J connectivity index is 3.14. The van der Waals surface area contributed by atoms with Crippen LogP contribution in [0.3, 0.4) is 0 Å². The molecule has 0 aliphatic rings. The van der Waals surface area contributed by atoms with Gasteiger partial charge in [0, 0.05) is 0 Å². The van der Waals surface area contributed by atoms with Crippen LogP contribution >= 0.6 is 0 Å². The van der Waals surface area contributed by atoms with Gasteiger partial charge in [-0.15, -0.1) is 0 Å². The summed E-state index contributed by atoms with van der Waals surface area (Å²) < 4.78 is 0. The second-order valence-electron chi connectivity index (χ2n) is 2.49. The fourth-order valence-electron chi connectivity index (χ4n) is 0.860. The van der Waals surface area contributed by atoms with Crippen LogP contribution in [0, 0.1) is 19.3 Å². The van der Waals surface area contributed by atoms with Crippen LogP contribution in [0.5, 0.6) is 0 Å². The zero-order valence-corrected chi connectivity index (χ0v) is 6.68. The summed E-state index contributed by atoms with van der Waals surface area (Å²) >= 11 is 0. The van der Waals surface area contributed by atoms with E-state index in [0.29, 0.717) is 0 Å². The van der Waals surface area contributed by atoms with Gasteiger partial charge in [0.05, 0.1) is 11.7 Å². The first-order valence-corrected chi connectivity index (χ1v) is 3.44. The Morgan fingerprint density at radius 1 is 1.27 bits per heavy atom. The smallest absolute Gasteiger partial charge is 0.0918 e. The molecule has 1 aromatic carbocycles. The van der Waals surface area contributed by atoms with E-state index in [-0.39, 0.29) is 0 Å². The van der Waals surface area contributed by atoms with E-state index >= 15 is 0 Å². The number of aliphatic imine (C=N–C) groups is 1. The highest BCUT2D eigenvalue weighted by Crippen LogP contribution is 2.15. The van der Waals surface area contributed by atoms with Gasteiger partial charge in [-0.05, 0) is 37.1 Å². The van der Waals surface area contributed by atoms with Crippen LogP contribution in [0.4, 0.5) is 5.69 Å². The Hall–Kier alpha value is -1.40. The number of rotatable bonds is 1. The maximum absolute atomic E-state index is 6.65. The van der Waals surface area contributed by atoms with Crippen LogP contribution in [-0.4, -0.2) is 6.01 Å². The molecule has 0 aromatic heterocycles. The quantitative estimate of drug-likeness (QED) is 0.591. The Morgan fingerprint density at radius 3 is 2.55 bits per heavy atom. The number of benzene rings is 1. The van der Waals surface area contributed by atoms with Crippen molar-refractivity contribution in [2.45, 2.75) is 13.8 Å². The summed E-state index contributed by atoms with van der Waals surface area (Å²) in [4.78, 5) is 3.73. The van der Waals surface area contributed by atoms with E-state index in [1.165, 1.54) is 11.1 Å². The summed E-state index contributed by atoms with van der Waals surface area (Å²) in [6, 6.07) is 7.82. The van der Waals surface area contributed by atoms with E-state index < -0.39 is 0 Å². The number of hydrogen-bond acceptors (Lipinski definition) is 2. The molecular weight excluding hydrogens is 136 g/mol. The first-order chi connectivity index (χ1) is 5.24. The predicted octanol–water partition coefficient (Wildman–Crippen LogP) is 2.69. The lowest BCUT2D eigenvalue weighted by molar-refractivity contribution is 1.33. The van der Waals surface area contributed by atoms with Crippen LogP contribution in [-0.2, 0) is 0 Å². The molecule has 0 aliphatic carbocycles. The lowest BCUT2D eigenvalue weighted by Gasteiger charge is -1.98. The largest absolute Gasteiger partial charge is 0.241 e. The minimum Gasteiger partial charge on any atom is -0.241 e. The maximum atomic E-state index is 6.65. The van der Waals surface area contributed by atoms with Crippen molar-refractivity contribution in [2.75, 3.05) is 0 Å². The normalized spacial score (nSPS) is 8.91. The van der Waals surface area contributed by atoms with Gasteiger partial charge in [-0.3, -0.25) is 0 Å². The summed E-state index contributed by atoms with van der Waals surface area (Å²) in [5, 5.41) is 6.65. The van der Waals surface area contributed by atoms with Gasteiger partial charge >= 0.3 is 0 Å². The first kappa shape index (κ1) is 7.70. The van der Waals surface area contributed by atoms with Crippen molar-refractivity contribution in [3.63, 3.8) is 0 Å². The Bertz CT molecular complexity index is 309. The number of nitrogens with zero attached hydrogens (tertiary/aromatic N) is 1. The summed E-state index contributed by atoms with van der Waals surface area (Å²) in [5.41, 5.74) is 3.23. The molecule has 0 aliphatic heterocycles. The highest BCUT2D eigenvalue weighted by atomic mass is 14.7. The molecule has 2 nitrogen and oxygen atoms in total. The molecular formula is C9H10N2. The molecule has 1 aromatic rings. The fraction of sp³-hybridized carbons (Fsp3) is 0.222. The van der Waals surface area contributed by atoms with Crippen molar-refractivity contribution in [3.8, 4) is 0 Å². The molecule has 0 bridgehead atoms. The van der Waals surface area contributed by atoms with E-state index in [2.05, 4.69) is 4.99 Å². The van der Waals surface area contributed by atoms with E-state index in [1.54, 1.807) is 0 Å². The molecule has 56 valence electrons. The van der Waals surface area contributed by atoms with Crippen molar-refractivity contribution in [3.05, 3.63) is 29.3 Å². The third kappa shape index (κ3) is 1.76. The maximum Gasteiger partial charge on any atom is 0.0918 e. The Kier molecular flexibility index (Phi) is 2.19. The van der Waals surface area contributed by atoms with Gasteiger partial charge < -0.3 is 0 Å². The second kappa shape index (κ2) is 3.13. The van der Waals surface area contributed by atoms with Crippen molar-refractivity contribution >= 4 is 11.7 Å². The van der Waals surface area contributed by atoms with E-state index in [9.17, 15) is 0 Å². The van der Waals surface area contributed by atoms with Crippen molar-refractivity contribution < 1.29 is 0 Å². The first-order valence-electron chi connectivity index (χ1n) is 3.44. The SMILES string of the molecule is Cc1ccc(N=C=N)cc1C. The Morgan fingerprint density at radius 2 is 2.00 bits per heavy atom. The Labute approximate surface area is 66.1 Å². The fourth-order valence-corrected chi connectivity index (χ4v) is 0.860. The monoisotopic (exact) mass is 146 g/mol. The van der Waals surface area contributed by atoms with Crippen LogP contribution in [0.1, 0.15) is 11.1 Å². The molecule has 0 amide bonds. The van der Waals surface area contributed by atoms with Crippen molar-refractivity contribution in [2.24, 2.45) is 4.99 Å². The summed E-state index contributed by atoms with van der Waals surface area (Å²) in [6.45, 7) is 4.07. The van der Waals surface area contributed by atoms with Gasteiger partial charge in [-0.2, -0.15) is 4.99 Å². The van der Waals surface area contributed by atoms with Crippen LogP contribution in [0.15, 0.2) is 23.2 Å². The van der Waals surface area contributed by atoms with Gasteiger partial charge in [0.1, 0.15) is 0 Å². The van der Waals surface area contributed by atoms with E-state index in [1.807, 2.05) is 38.1 Å². The molecule has 0 spiro atoms. The minimum absolute atomic E-state index is 0.795. The molecule has 0 unspecified atom stereocenters. The van der Waals surface area contributed by atoms with Gasteiger partial charge in [0.25, 0.3) is 0 Å². The minimum atomic E-state index is 0.795. The van der Waals surface area contributed by atoms with Crippen molar-refractivity contribution in [1.82, 2.24) is 0 Å². The topological polar surface area (TPSA) is 36.2 Å². The zero-order chi connectivity index (χ0) is 8.27. The lowest BCUT2D eigenvalue weighted by atomic mass is 10.1. The molecule has 1 rings (SSSR count). The highest BCUT2D eigenvalue weighted by Gasteiger charge is 1.92. The molecule has 0 saturated heterocycles. The van der Waals surface area contributed by atoms with Crippen LogP contribution < -0.4 is 0 Å². The summed E-state index contributed by atoms with van der Waals surface area (Å²) in [5.74, 6) is 0. The number of nitrogens with one attached hydrogen (secondary N) is 1. The van der Waals surface area contributed by atoms with Crippen LogP contribution in [0.25, 0.3) is 0 Å². The number of aryl methyl sites for hydroxylation is 2. The molecule has 11 heavy (non-hydrogen) atoms. The molecule has 0 saturated carbocycles. The standard InChI is InChI=1S/C9H10N2/c1-7-3-4-9(11-6-10)5-8(7)2/h3-5,10H,1-2H3. The van der Waals surface area contributed by atoms with Crippen molar-refractivity contribution in [1.29, 1.82) is 5.41 Å². The molecule has 0 heterocycles. The average Bonchev–Trinajstić information content (AvgIpc) is 1.98. The molecule has 0 radical (unpaired) electrons. The van der Waals surface area contributed by atoms with Gasteiger partial charge in [0.15, 0.2) is 0 Å². The lowest BCUT2D eigenvalue weighted by Crippen LogP contribution is -1.77. The van der Waals surface area contributed by atoms with Gasteiger partial charge in [-0.25, -0.2) is 5.41 Å². The molecule has 2 heteroatoms. The third-order valence-electron chi connectivity index (χ3n) is 1.68. The van der Waals surface area contributed by atoms with E-state index in [4.69, 9.17) is 5.41 Å². The second-order valence-corrected chi connectivity index (χ2v) is 2.49. The summed E-state index contributed by atoms with van der Waals surface area (Å²) in [7, 11) is 0. The third-order valence-corrected chi connectivity index (χ3v) is 1.68. The molecule has 1 N–H and O–H groups in total. The van der Waals surface area contributed by atoms with Crippen LogP contribution in [0.2, 0.25) is 0 Å².